The first kappa shape index (κ1) is 13.1. The molecule has 2 rings (SSSR count). The number of amides is 1. The fraction of sp³-hybridized carbons (Fsp3) is 0.417. The van der Waals surface area contributed by atoms with Crippen molar-refractivity contribution >= 4 is 11.6 Å². The first-order valence-electron chi connectivity index (χ1n) is 6.11. The maximum absolute atomic E-state index is 12.4. The summed E-state index contributed by atoms with van der Waals surface area (Å²) in [7, 11) is 1.71. The highest BCUT2D eigenvalue weighted by Crippen LogP contribution is 2.18. The van der Waals surface area contributed by atoms with Crippen molar-refractivity contribution in [1.82, 2.24) is 24.6 Å². The normalized spacial score (nSPS) is 10.7. The fourth-order valence-corrected chi connectivity index (χ4v) is 1.91. The summed E-state index contributed by atoms with van der Waals surface area (Å²) in [6, 6.07) is 0. The standard InChI is InChI=1S/C12H18N6O/c1-4-18-11(10(13)8(2)16-18)12(19)17(3)7-9-14-5-6-15-9/h5-6H,4,7,13H2,1-3H3,(H,14,15). The van der Waals surface area contributed by atoms with E-state index in [0.29, 0.717) is 30.2 Å². The number of H-pyrrole nitrogens is 1. The molecule has 2 heterocycles. The molecule has 7 nitrogen and oxygen atoms in total. The minimum absolute atomic E-state index is 0.156. The molecular formula is C12H18N6O. The number of nitrogens with two attached hydrogens (primary N) is 1. The van der Waals surface area contributed by atoms with Crippen LogP contribution in [0.5, 0.6) is 0 Å². The number of anilines is 1. The smallest absolute Gasteiger partial charge is 0.274 e. The highest BCUT2D eigenvalue weighted by atomic mass is 16.2. The van der Waals surface area contributed by atoms with Gasteiger partial charge in [-0.1, -0.05) is 0 Å². The van der Waals surface area contributed by atoms with Gasteiger partial charge in [-0.15, -0.1) is 0 Å². The molecule has 0 saturated heterocycles. The number of carbonyl (C=O) groups excluding carboxylic acids is 1. The van der Waals surface area contributed by atoms with Crippen molar-refractivity contribution in [3.63, 3.8) is 0 Å². The number of carbonyl (C=O) groups is 1. The van der Waals surface area contributed by atoms with Gasteiger partial charge in [0.2, 0.25) is 0 Å². The Bertz CT molecular complexity index is 571. The van der Waals surface area contributed by atoms with E-state index in [0.717, 1.165) is 5.82 Å². The zero-order valence-electron chi connectivity index (χ0n) is 11.3. The molecule has 0 atom stereocenters. The van der Waals surface area contributed by atoms with E-state index in [1.165, 1.54) is 0 Å². The van der Waals surface area contributed by atoms with Gasteiger partial charge in [-0.2, -0.15) is 5.10 Å². The van der Waals surface area contributed by atoms with E-state index in [4.69, 9.17) is 5.73 Å². The van der Waals surface area contributed by atoms with Crippen molar-refractivity contribution in [1.29, 1.82) is 0 Å². The second kappa shape index (κ2) is 5.13. The first-order valence-corrected chi connectivity index (χ1v) is 6.11. The number of aromatic nitrogens is 4. The van der Waals surface area contributed by atoms with Crippen molar-refractivity contribution in [2.75, 3.05) is 12.8 Å². The van der Waals surface area contributed by atoms with E-state index >= 15 is 0 Å². The van der Waals surface area contributed by atoms with Crippen molar-refractivity contribution in [3.05, 3.63) is 29.6 Å². The van der Waals surface area contributed by atoms with Crippen molar-refractivity contribution < 1.29 is 4.79 Å². The van der Waals surface area contributed by atoms with Gasteiger partial charge in [-0.3, -0.25) is 9.48 Å². The number of aromatic amines is 1. The fourth-order valence-electron chi connectivity index (χ4n) is 1.91. The second-order valence-electron chi connectivity index (χ2n) is 4.36. The summed E-state index contributed by atoms with van der Waals surface area (Å²) in [6.07, 6.45) is 3.38. The van der Waals surface area contributed by atoms with Gasteiger partial charge in [-0.25, -0.2) is 4.98 Å². The van der Waals surface area contributed by atoms with Gasteiger partial charge in [0.05, 0.1) is 17.9 Å². The van der Waals surface area contributed by atoms with Gasteiger partial charge in [0.1, 0.15) is 11.5 Å². The van der Waals surface area contributed by atoms with E-state index in [9.17, 15) is 4.79 Å². The van der Waals surface area contributed by atoms with Crippen LogP contribution in [0, 0.1) is 6.92 Å². The van der Waals surface area contributed by atoms with E-state index in [-0.39, 0.29) is 5.91 Å². The van der Waals surface area contributed by atoms with E-state index in [1.807, 2.05) is 6.92 Å². The maximum Gasteiger partial charge on any atom is 0.274 e. The zero-order valence-corrected chi connectivity index (χ0v) is 11.3. The summed E-state index contributed by atoms with van der Waals surface area (Å²) in [6.45, 7) is 4.73. The summed E-state index contributed by atoms with van der Waals surface area (Å²) < 4.78 is 1.63. The van der Waals surface area contributed by atoms with Crippen LogP contribution in [0.1, 0.15) is 28.9 Å². The Morgan fingerprint density at radius 1 is 1.58 bits per heavy atom. The van der Waals surface area contributed by atoms with Gasteiger partial charge in [-0.05, 0) is 13.8 Å². The molecule has 0 saturated carbocycles. The van der Waals surface area contributed by atoms with E-state index in [1.54, 1.807) is 35.9 Å². The first-order chi connectivity index (χ1) is 9.04. The van der Waals surface area contributed by atoms with Crippen LogP contribution < -0.4 is 5.73 Å². The summed E-state index contributed by atoms with van der Waals surface area (Å²) in [4.78, 5) is 21.1. The molecule has 0 aliphatic rings. The predicted molar refractivity (Wildman–Crippen MR) is 71.4 cm³/mol. The van der Waals surface area contributed by atoms with E-state index < -0.39 is 0 Å². The molecule has 3 N–H and O–H groups in total. The highest BCUT2D eigenvalue weighted by Gasteiger charge is 2.22. The molecule has 0 fully saturated rings. The van der Waals surface area contributed by atoms with Crippen LogP contribution in [0.3, 0.4) is 0 Å². The molecule has 1 amide bonds. The molecule has 0 aliphatic carbocycles. The minimum Gasteiger partial charge on any atom is -0.395 e. The number of aryl methyl sites for hydroxylation is 2. The van der Waals surface area contributed by atoms with Crippen LogP contribution in [-0.4, -0.2) is 37.6 Å². The number of rotatable bonds is 4. The van der Waals surface area contributed by atoms with Crippen LogP contribution in [-0.2, 0) is 13.1 Å². The van der Waals surface area contributed by atoms with Crippen LogP contribution >= 0.6 is 0 Å². The Morgan fingerprint density at radius 2 is 2.32 bits per heavy atom. The monoisotopic (exact) mass is 262 g/mol. The Kier molecular flexibility index (Phi) is 3.55. The van der Waals surface area contributed by atoms with Crippen molar-refractivity contribution in [2.24, 2.45) is 0 Å². The van der Waals surface area contributed by atoms with Crippen LogP contribution in [0.4, 0.5) is 5.69 Å². The minimum atomic E-state index is -0.156. The molecule has 2 aromatic heterocycles. The second-order valence-corrected chi connectivity index (χ2v) is 4.36. The van der Waals surface area contributed by atoms with Crippen molar-refractivity contribution in [3.8, 4) is 0 Å². The molecule has 0 unspecified atom stereocenters. The third-order valence-corrected chi connectivity index (χ3v) is 2.96. The SMILES string of the molecule is CCn1nc(C)c(N)c1C(=O)N(C)Cc1ncc[nH]1. The summed E-state index contributed by atoms with van der Waals surface area (Å²) in [5.41, 5.74) is 7.50. The number of imidazole rings is 1. The number of nitrogens with zero attached hydrogens (tertiary/aromatic N) is 4. The lowest BCUT2D eigenvalue weighted by atomic mass is 10.2. The Balaban J connectivity index is 2.24. The number of nitrogen functional groups attached to an aromatic ring is 1. The quantitative estimate of drug-likeness (QED) is 0.852. The molecule has 0 aliphatic heterocycles. The number of hydrogen-bond donors (Lipinski definition) is 2. The predicted octanol–water partition coefficient (Wildman–Crippen LogP) is 0.789. The molecule has 0 aromatic carbocycles. The third-order valence-electron chi connectivity index (χ3n) is 2.96. The zero-order chi connectivity index (χ0) is 14.0. The molecule has 0 radical (unpaired) electrons. The van der Waals surface area contributed by atoms with Gasteiger partial charge < -0.3 is 15.6 Å². The lowest BCUT2D eigenvalue weighted by Gasteiger charge is -2.16. The lowest BCUT2D eigenvalue weighted by Crippen LogP contribution is -2.29. The van der Waals surface area contributed by atoms with E-state index in [2.05, 4.69) is 15.1 Å². The Morgan fingerprint density at radius 3 is 2.89 bits per heavy atom. The number of hydrogen-bond acceptors (Lipinski definition) is 4. The van der Waals surface area contributed by atoms with Crippen molar-refractivity contribution in [2.45, 2.75) is 26.9 Å². The summed E-state index contributed by atoms with van der Waals surface area (Å²) in [5.74, 6) is 0.574. The molecule has 7 heteroatoms. The molecule has 0 spiro atoms. The maximum atomic E-state index is 12.4. The van der Waals surface area contributed by atoms with Crippen LogP contribution in [0.25, 0.3) is 0 Å². The van der Waals surface area contributed by atoms with Gasteiger partial charge in [0.15, 0.2) is 0 Å². The third kappa shape index (κ3) is 2.44. The summed E-state index contributed by atoms with van der Waals surface area (Å²) >= 11 is 0. The van der Waals surface area contributed by atoms with Gasteiger partial charge >= 0.3 is 0 Å². The summed E-state index contributed by atoms with van der Waals surface area (Å²) in [5, 5.41) is 4.25. The van der Waals surface area contributed by atoms with Gasteiger partial charge in [0.25, 0.3) is 5.91 Å². The van der Waals surface area contributed by atoms with Crippen LogP contribution in [0.2, 0.25) is 0 Å². The Hall–Kier alpha value is -2.31. The molecule has 2 aromatic rings. The number of nitrogens with one attached hydrogen (secondary N) is 1. The van der Waals surface area contributed by atoms with Gasteiger partial charge in [0, 0.05) is 26.0 Å². The molecule has 0 bridgehead atoms. The largest absolute Gasteiger partial charge is 0.395 e. The average Bonchev–Trinajstić information content (AvgIpc) is 2.98. The Labute approximate surface area is 111 Å². The topological polar surface area (TPSA) is 92.8 Å². The molecule has 102 valence electrons. The highest BCUT2D eigenvalue weighted by molar-refractivity contribution is 5.97. The molecule has 19 heavy (non-hydrogen) atoms. The van der Waals surface area contributed by atoms with Crippen LogP contribution in [0.15, 0.2) is 12.4 Å². The average molecular weight is 262 g/mol. The lowest BCUT2D eigenvalue weighted by molar-refractivity contribution is 0.0770. The molecular weight excluding hydrogens is 244 g/mol.